The summed E-state index contributed by atoms with van der Waals surface area (Å²) in [5.74, 6) is 0.562. The molecule has 5 unspecified atom stereocenters. The van der Waals surface area contributed by atoms with Gasteiger partial charge in [0.2, 0.25) is 11.8 Å². The molecule has 14 nitrogen and oxygen atoms in total. The number of nitrogens with zero attached hydrogens (tertiary/aromatic N) is 1. The Bertz CT molecular complexity index is 3510. The lowest BCUT2D eigenvalue weighted by Gasteiger charge is -2.26. The molecule has 0 spiro atoms. The summed E-state index contributed by atoms with van der Waals surface area (Å²) in [5, 5.41) is 2.93. The Hall–Kier alpha value is -9.61. The van der Waals surface area contributed by atoms with Crippen LogP contribution in [0.4, 0.5) is 34.1 Å². The summed E-state index contributed by atoms with van der Waals surface area (Å²) in [7, 11) is 0. The maximum atomic E-state index is 15.2. The van der Waals surface area contributed by atoms with E-state index in [-0.39, 0.29) is 99.8 Å². The average molecular weight is 1110 g/mol. The van der Waals surface area contributed by atoms with Crippen LogP contribution in [0.1, 0.15) is 90.0 Å². The first-order valence-electron chi connectivity index (χ1n) is 28.0. The summed E-state index contributed by atoms with van der Waals surface area (Å²) in [5.41, 5.74) is 39.5. The number of carbonyl (C=O) groups excluding carboxylic acids is 7. The average Bonchev–Trinajstić information content (AvgIpc) is 3.51. The van der Waals surface area contributed by atoms with Crippen LogP contribution in [-0.2, 0) is 72.2 Å². The van der Waals surface area contributed by atoms with Crippen LogP contribution in [0.3, 0.4) is 0 Å². The molecule has 0 bridgehead atoms. The number of nitrogen functional groups attached to an aromatic ring is 5. The molecule has 11 N–H and O–H groups in total. The number of fused-ring (bicyclic) bond motifs is 2. The number of ketones is 5. The van der Waals surface area contributed by atoms with E-state index in [4.69, 9.17) is 28.7 Å². The molecule has 0 fully saturated rings. The van der Waals surface area contributed by atoms with Crippen LogP contribution < -0.4 is 38.9 Å². The molecule has 424 valence electrons. The molecule has 83 heavy (non-hydrogen) atoms. The van der Waals surface area contributed by atoms with Gasteiger partial charge >= 0.3 is 0 Å². The summed E-state index contributed by atoms with van der Waals surface area (Å²) in [4.78, 5) is 103. The Labute approximate surface area is 485 Å². The number of para-hydroxylation sites is 1. The van der Waals surface area contributed by atoms with E-state index < -0.39 is 41.4 Å². The predicted octanol–water partition coefficient (Wildman–Crippen LogP) is 9.21. The van der Waals surface area contributed by atoms with Gasteiger partial charge in [0.1, 0.15) is 23.1 Å². The van der Waals surface area contributed by atoms with Crippen molar-refractivity contribution in [2.24, 2.45) is 23.7 Å². The zero-order valence-corrected chi connectivity index (χ0v) is 46.7. The molecule has 8 rings (SSSR count). The van der Waals surface area contributed by atoms with Crippen molar-refractivity contribution < 1.29 is 33.6 Å². The smallest absolute Gasteiger partial charge is 0.227 e. The van der Waals surface area contributed by atoms with Crippen LogP contribution in [0.2, 0.25) is 0 Å². The van der Waals surface area contributed by atoms with Crippen LogP contribution in [0.5, 0.6) is 0 Å². The number of amides is 2. The first kappa shape index (κ1) is 59.5. The van der Waals surface area contributed by atoms with Crippen molar-refractivity contribution in [1.29, 1.82) is 0 Å². The molecule has 0 saturated carbocycles. The highest BCUT2D eigenvalue weighted by atomic mass is 16.2. The molecule has 1 aliphatic rings. The molecule has 0 aromatic heterocycles. The minimum absolute atomic E-state index is 0.0582. The fourth-order valence-electron chi connectivity index (χ4n) is 10.6. The summed E-state index contributed by atoms with van der Waals surface area (Å²) >= 11 is 0. The number of benzene rings is 7. The van der Waals surface area contributed by atoms with Gasteiger partial charge in [-0.25, -0.2) is 0 Å². The van der Waals surface area contributed by atoms with Crippen molar-refractivity contribution in [2.75, 3.05) is 33.6 Å². The van der Waals surface area contributed by atoms with E-state index in [0.29, 0.717) is 51.7 Å². The molecule has 0 radical (unpaired) electrons. The second-order valence-corrected chi connectivity index (χ2v) is 21.8. The van der Waals surface area contributed by atoms with E-state index in [1.54, 1.807) is 114 Å². The number of Topliss-reactive ketones (excluding diaryl/α,β-unsaturated/α-hetero) is 5. The van der Waals surface area contributed by atoms with Gasteiger partial charge in [-0.1, -0.05) is 103 Å². The van der Waals surface area contributed by atoms with E-state index in [0.717, 1.165) is 33.4 Å². The lowest BCUT2D eigenvalue weighted by molar-refractivity contribution is -0.134. The molecular weight excluding hydrogens is 1040 g/mol. The van der Waals surface area contributed by atoms with Crippen molar-refractivity contribution in [3.8, 4) is 11.8 Å². The summed E-state index contributed by atoms with van der Waals surface area (Å²) < 4.78 is 0. The second kappa shape index (κ2) is 28.2. The van der Waals surface area contributed by atoms with E-state index in [2.05, 4.69) is 17.2 Å². The minimum atomic E-state index is -1.13. The quantitative estimate of drug-likeness (QED) is 0.0208. The molecule has 5 atom stereocenters. The highest BCUT2D eigenvalue weighted by Gasteiger charge is 2.35. The van der Waals surface area contributed by atoms with Gasteiger partial charge in [0, 0.05) is 102 Å². The third-order valence-electron chi connectivity index (χ3n) is 15.5. The van der Waals surface area contributed by atoms with Crippen LogP contribution in [0.15, 0.2) is 170 Å². The van der Waals surface area contributed by atoms with Crippen LogP contribution >= 0.6 is 0 Å². The molecule has 2 amide bonds. The van der Waals surface area contributed by atoms with E-state index in [1.807, 2.05) is 60.7 Å². The second-order valence-electron chi connectivity index (χ2n) is 21.8. The standard InChI is InChI=1S/C69H71N7O7/c1-44(77)53(34-45-10-22-57(70)23-11-45)39-64(78)54(35-46-12-24-58(71)25-13-46)40-65(79)55(36-47-14-26-59(72)27-15-47)41-66(80)56(37-48-16-28-60(73)29-17-48)42-67(81)62(38-49-18-30-61(74)31-19-49)75-68(82)32-33-69(83)76-43-52-8-3-2-6-50(52)20-21-51-7-4-5-9-63(51)76/h2-19,22-31,53-56,62H,32-43,70-74H2,1H3,(H,75,82). The first-order chi connectivity index (χ1) is 39.9. The lowest BCUT2D eigenvalue weighted by atomic mass is 9.78. The van der Waals surface area contributed by atoms with Gasteiger partial charge in [-0.05, 0) is 151 Å². The van der Waals surface area contributed by atoms with Crippen molar-refractivity contribution in [3.05, 3.63) is 214 Å². The molecule has 0 saturated heterocycles. The normalized spacial score (nSPS) is 13.4. The van der Waals surface area contributed by atoms with Gasteiger partial charge in [-0.3, -0.25) is 33.6 Å². The topological polar surface area (TPSA) is 265 Å². The number of nitrogens with one attached hydrogen (secondary N) is 1. The predicted molar refractivity (Wildman–Crippen MR) is 327 cm³/mol. The number of rotatable bonds is 27. The van der Waals surface area contributed by atoms with Crippen molar-refractivity contribution in [1.82, 2.24) is 5.32 Å². The Morgan fingerprint density at radius 1 is 0.422 bits per heavy atom. The van der Waals surface area contributed by atoms with Crippen LogP contribution in [-0.4, -0.2) is 46.8 Å². The number of hydrogen-bond acceptors (Lipinski definition) is 12. The van der Waals surface area contributed by atoms with Gasteiger partial charge < -0.3 is 38.9 Å². The third kappa shape index (κ3) is 17.2. The first-order valence-corrected chi connectivity index (χ1v) is 28.0. The van der Waals surface area contributed by atoms with Gasteiger partial charge in [0.25, 0.3) is 0 Å². The Balaban J connectivity index is 1.05. The van der Waals surface area contributed by atoms with E-state index in [1.165, 1.54) is 6.92 Å². The Morgan fingerprint density at radius 2 is 0.771 bits per heavy atom. The zero-order chi connectivity index (χ0) is 59.0. The Morgan fingerprint density at radius 3 is 1.20 bits per heavy atom. The number of nitrogens with two attached hydrogens (primary N) is 5. The summed E-state index contributed by atoms with van der Waals surface area (Å²) in [6.07, 6.45) is -0.566. The molecule has 14 heteroatoms. The van der Waals surface area contributed by atoms with Crippen molar-refractivity contribution in [3.63, 3.8) is 0 Å². The van der Waals surface area contributed by atoms with Gasteiger partial charge in [-0.2, -0.15) is 0 Å². The van der Waals surface area contributed by atoms with E-state index in [9.17, 15) is 24.0 Å². The Kier molecular flexibility index (Phi) is 20.2. The molecule has 7 aromatic carbocycles. The third-order valence-corrected chi connectivity index (χ3v) is 15.5. The molecule has 0 aliphatic carbocycles. The van der Waals surface area contributed by atoms with Crippen LogP contribution in [0, 0.1) is 35.5 Å². The lowest BCUT2D eigenvalue weighted by Crippen LogP contribution is -2.44. The fraction of sp³-hybridized carbons (Fsp3) is 0.261. The molecule has 7 aromatic rings. The number of carbonyl (C=O) groups is 7. The molecular formula is C69H71N7O7. The monoisotopic (exact) mass is 1110 g/mol. The summed E-state index contributed by atoms with van der Waals surface area (Å²) in [6.45, 7) is 1.70. The van der Waals surface area contributed by atoms with E-state index >= 15 is 9.59 Å². The molecule has 1 aliphatic heterocycles. The SMILES string of the molecule is CC(=O)C(CC(=O)C(CC(=O)C(CC(=O)C(CC(=O)C(Cc1ccc(N)cc1)NC(=O)CCC(=O)N1Cc2ccccc2C#Cc2ccccc21)Cc1ccc(N)cc1)Cc1ccc(N)cc1)Cc1ccc(N)cc1)Cc1ccc(N)cc1. The largest absolute Gasteiger partial charge is 0.399 e. The summed E-state index contributed by atoms with van der Waals surface area (Å²) in [6, 6.07) is 49.0. The number of anilines is 6. The fourth-order valence-corrected chi connectivity index (χ4v) is 10.6. The number of hydrogen-bond donors (Lipinski definition) is 6. The minimum Gasteiger partial charge on any atom is -0.399 e. The van der Waals surface area contributed by atoms with Crippen LogP contribution in [0.25, 0.3) is 0 Å². The zero-order valence-electron chi connectivity index (χ0n) is 46.7. The van der Waals surface area contributed by atoms with Crippen molar-refractivity contribution >= 4 is 74.9 Å². The maximum Gasteiger partial charge on any atom is 0.227 e. The maximum absolute atomic E-state index is 15.2. The molecule has 1 heterocycles. The highest BCUT2D eigenvalue weighted by Crippen LogP contribution is 2.30. The highest BCUT2D eigenvalue weighted by molar-refractivity contribution is 5.99. The van der Waals surface area contributed by atoms with Crippen molar-refractivity contribution in [2.45, 2.75) is 90.1 Å². The van der Waals surface area contributed by atoms with Gasteiger partial charge in [-0.15, -0.1) is 0 Å². The van der Waals surface area contributed by atoms with Gasteiger partial charge in [0.15, 0.2) is 5.78 Å². The van der Waals surface area contributed by atoms with Gasteiger partial charge in [0.05, 0.1) is 18.3 Å².